The van der Waals surface area contributed by atoms with Crippen molar-refractivity contribution >= 4 is 50.8 Å². The van der Waals surface area contributed by atoms with Gasteiger partial charge >= 0.3 is 0 Å². The van der Waals surface area contributed by atoms with Gasteiger partial charge in [-0.1, -0.05) is 12.1 Å². The average Bonchev–Trinajstić information content (AvgIpc) is 2.95. The van der Waals surface area contributed by atoms with E-state index < -0.39 is 0 Å². The second-order valence-corrected chi connectivity index (χ2v) is 7.90. The summed E-state index contributed by atoms with van der Waals surface area (Å²) in [5.41, 5.74) is 0.739. The quantitative estimate of drug-likeness (QED) is 0.473. The van der Waals surface area contributed by atoms with E-state index in [1.807, 2.05) is 0 Å². The van der Waals surface area contributed by atoms with Gasteiger partial charge < -0.3 is 14.4 Å². The summed E-state index contributed by atoms with van der Waals surface area (Å²) in [6.07, 6.45) is 3.17. The first kappa shape index (κ1) is 20.6. The van der Waals surface area contributed by atoms with Crippen LogP contribution in [0.2, 0.25) is 0 Å². The maximum Gasteiger partial charge on any atom is 0.293 e. The fourth-order valence-electron chi connectivity index (χ4n) is 2.71. The lowest BCUT2D eigenvalue weighted by Crippen LogP contribution is -2.43. The van der Waals surface area contributed by atoms with Crippen LogP contribution in [0.1, 0.15) is 5.56 Å². The molecule has 2 aliphatic rings. The number of carbonyl (C=O) groups excluding carboxylic acids is 3. The van der Waals surface area contributed by atoms with E-state index in [0.717, 1.165) is 22.2 Å². The third kappa shape index (κ3) is 4.84. The summed E-state index contributed by atoms with van der Waals surface area (Å²) in [7, 11) is 0. The van der Waals surface area contributed by atoms with Crippen molar-refractivity contribution in [2.45, 2.75) is 0 Å². The standard InChI is InChI=1S/C19H19BrN2O5S/c1-2-5-22-18(24)16(28-19(22)25)11-13-3-4-15(14(20)10-13)27-12-17(23)21-6-8-26-9-7-21/h2-4,10-11H,1,5-9,12H2/b16-11-. The van der Waals surface area contributed by atoms with Gasteiger partial charge in [-0.15, -0.1) is 6.58 Å². The van der Waals surface area contributed by atoms with Crippen LogP contribution < -0.4 is 4.74 Å². The Morgan fingerprint density at radius 1 is 1.32 bits per heavy atom. The molecule has 0 aromatic heterocycles. The molecule has 0 aliphatic carbocycles. The molecule has 1 aromatic rings. The van der Waals surface area contributed by atoms with Gasteiger partial charge in [-0.05, 0) is 51.5 Å². The van der Waals surface area contributed by atoms with Crippen LogP contribution in [0.4, 0.5) is 4.79 Å². The zero-order valence-electron chi connectivity index (χ0n) is 15.1. The SMILES string of the molecule is C=CCN1C(=O)S/C(=C\c2ccc(OCC(=O)N3CCOCC3)c(Br)c2)C1=O. The lowest BCUT2D eigenvalue weighted by molar-refractivity contribution is -0.137. The van der Waals surface area contributed by atoms with Crippen LogP contribution in [0.15, 0.2) is 40.2 Å². The molecule has 2 fully saturated rings. The topological polar surface area (TPSA) is 76.2 Å². The number of hydrogen-bond acceptors (Lipinski definition) is 6. The van der Waals surface area contributed by atoms with Gasteiger partial charge in [0.25, 0.3) is 17.1 Å². The number of carbonyl (C=O) groups is 3. The first-order valence-corrected chi connectivity index (χ1v) is 10.2. The predicted octanol–water partition coefficient (Wildman–Crippen LogP) is 2.91. The van der Waals surface area contributed by atoms with Crippen LogP contribution in [0, 0.1) is 0 Å². The molecular weight excluding hydrogens is 448 g/mol. The molecule has 0 radical (unpaired) electrons. The van der Waals surface area contributed by atoms with Crippen molar-refractivity contribution < 1.29 is 23.9 Å². The molecule has 0 saturated carbocycles. The third-order valence-electron chi connectivity index (χ3n) is 4.15. The highest BCUT2D eigenvalue weighted by atomic mass is 79.9. The maximum atomic E-state index is 12.3. The zero-order valence-corrected chi connectivity index (χ0v) is 17.5. The highest BCUT2D eigenvalue weighted by Crippen LogP contribution is 2.33. The van der Waals surface area contributed by atoms with Crippen molar-refractivity contribution in [1.82, 2.24) is 9.80 Å². The number of imide groups is 1. The third-order valence-corrected chi connectivity index (χ3v) is 5.68. The Labute approximate surface area is 175 Å². The number of morpholine rings is 1. The molecule has 3 amide bonds. The molecule has 2 aliphatic heterocycles. The number of halogens is 1. The smallest absolute Gasteiger partial charge is 0.293 e. The summed E-state index contributed by atoms with van der Waals surface area (Å²) in [5, 5.41) is -0.309. The average molecular weight is 467 g/mol. The molecular formula is C19H19BrN2O5S. The fourth-order valence-corrected chi connectivity index (χ4v) is 4.06. The number of hydrogen-bond donors (Lipinski definition) is 0. The first-order valence-electron chi connectivity index (χ1n) is 8.63. The molecule has 148 valence electrons. The Hall–Kier alpha value is -2.10. The van der Waals surface area contributed by atoms with E-state index in [1.54, 1.807) is 29.2 Å². The van der Waals surface area contributed by atoms with Crippen LogP contribution in [-0.4, -0.2) is 66.3 Å². The highest BCUT2D eigenvalue weighted by Gasteiger charge is 2.34. The number of thioether (sulfide) groups is 1. The molecule has 0 N–H and O–H groups in total. The number of ether oxygens (including phenoxy) is 2. The Bertz CT molecular complexity index is 836. The maximum absolute atomic E-state index is 12.3. The second kappa shape index (κ2) is 9.40. The van der Waals surface area contributed by atoms with Gasteiger partial charge in [0.15, 0.2) is 6.61 Å². The van der Waals surface area contributed by atoms with Crippen molar-refractivity contribution in [2.24, 2.45) is 0 Å². The number of rotatable bonds is 6. The van der Waals surface area contributed by atoms with Gasteiger partial charge in [-0.25, -0.2) is 0 Å². The highest BCUT2D eigenvalue weighted by molar-refractivity contribution is 9.10. The molecule has 0 bridgehead atoms. The van der Waals surface area contributed by atoms with Crippen LogP contribution >= 0.6 is 27.7 Å². The molecule has 9 heteroatoms. The molecule has 2 heterocycles. The minimum Gasteiger partial charge on any atom is -0.483 e. The second-order valence-electron chi connectivity index (χ2n) is 6.05. The molecule has 0 unspecified atom stereocenters. The Morgan fingerprint density at radius 2 is 2.07 bits per heavy atom. The summed E-state index contributed by atoms with van der Waals surface area (Å²) >= 11 is 4.33. The summed E-state index contributed by atoms with van der Waals surface area (Å²) in [6, 6.07) is 5.26. The van der Waals surface area contributed by atoms with Crippen molar-refractivity contribution in [2.75, 3.05) is 39.5 Å². The summed E-state index contributed by atoms with van der Waals surface area (Å²) in [5.74, 6) is 0.108. The van der Waals surface area contributed by atoms with Gasteiger partial charge in [0.2, 0.25) is 0 Å². The Kier molecular flexibility index (Phi) is 6.93. The minimum absolute atomic E-state index is 0.0572. The molecule has 0 atom stereocenters. The predicted molar refractivity (Wildman–Crippen MR) is 110 cm³/mol. The largest absolute Gasteiger partial charge is 0.483 e. The fraction of sp³-hybridized carbons (Fsp3) is 0.316. The monoisotopic (exact) mass is 466 g/mol. The van der Waals surface area contributed by atoms with E-state index >= 15 is 0 Å². The van der Waals surface area contributed by atoms with E-state index in [0.29, 0.717) is 41.4 Å². The Balaban J connectivity index is 1.64. The lowest BCUT2D eigenvalue weighted by atomic mass is 10.2. The Morgan fingerprint density at radius 3 is 2.75 bits per heavy atom. The van der Waals surface area contributed by atoms with E-state index in [2.05, 4.69) is 22.5 Å². The van der Waals surface area contributed by atoms with Crippen molar-refractivity contribution in [3.05, 3.63) is 45.8 Å². The summed E-state index contributed by atoms with van der Waals surface area (Å²) in [6.45, 7) is 5.92. The summed E-state index contributed by atoms with van der Waals surface area (Å²) in [4.78, 5) is 39.5. The van der Waals surface area contributed by atoms with Crippen molar-refractivity contribution in [3.8, 4) is 5.75 Å². The van der Waals surface area contributed by atoms with Gasteiger partial charge in [0.05, 0.1) is 22.6 Å². The molecule has 3 rings (SSSR count). The molecule has 2 saturated heterocycles. The van der Waals surface area contributed by atoms with Crippen LogP contribution in [0.5, 0.6) is 5.75 Å². The lowest BCUT2D eigenvalue weighted by Gasteiger charge is -2.26. The van der Waals surface area contributed by atoms with Gasteiger partial charge in [0.1, 0.15) is 5.75 Å². The number of amides is 3. The number of benzene rings is 1. The minimum atomic E-state index is -0.331. The van der Waals surface area contributed by atoms with E-state index in [4.69, 9.17) is 9.47 Å². The van der Waals surface area contributed by atoms with Crippen molar-refractivity contribution in [1.29, 1.82) is 0 Å². The van der Waals surface area contributed by atoms with E-state index in [-0.39, 0.29) is 30.2 Å². The molecule has 28 heavy (non-hydrogen) atoms. The molecule has 7 nitrogen and oxygen atoms in total. The summed E-state index contributed by atoms with van der Waals surface area (Å²) < 4.78 is 11.5. The van der Waals surface area contributed by atoms with Gasteiger partial charge in [-0.3, -0.25) is 19.3 Å². The van der Waals surface area contributed by atoms with Crippen LogP contribution in [0.3, 0.4) is 0 Å². The molecule has 0 spiro atoms. The van der Waals surface area contributed by atoms with Gasteiger partial charge in [-0.2, -0.15) is 0 Å². The normalized spacial score (nSPS) is 18.7. The van der Waals surface area contributed by atoms with Crippen LogP contribution in [0.25, 0.3) is 6.08 Å². The van der Waals surface area contributed by atoms with E-state index in [9.17, 15) is 14.4 Å². The number of nitrogens with zero attached hydrogens (tertiary/aromatic N) is 2. The van der Waals surface area contributed by atoms with E-state index in [1.165, 1.54) is 6.08 Å². The van der Waals surface area contributed by atoms with Crippen molar-refractivity contribution in [3.63, 3.8) is 0 Å². The first-order chi connectivity index (χ1) is 13.5. The zero-order chi connectivity index (χ0) is 20.1. The van der Waals surface area contributed by atoms with Crippen LogP contribution in [-0.2, 0) is 14.3 Å². The molecule has 1 aromatic carbocycles. The van der Waals surface area contributed by atoms with Gasteiger partial charge in [0, 0.05) is 19.6 Å².